The Morgan fingerprint density at radius 2 is 1.21 bits per heavy atom. The van der Waals surface area contributed by atoms with Crippen molar-refractivity contribution in [1.82, 2.24) is 5.09 Å². The van der Waals surface area contributed by atoms with Crippen molar-refractivity contribution >= 4 is 13.7 Å². The minimum Gasteiger partial charge on any atom is -0.480 e. The number of hydrogen-bond acceptors (Lipinski definition) is 4. The first-order valence-electron chi connectivity index (χ1n) is 11.5. The number of carbonyl (C=O) groups is 1. The molecule has 0 amide bonds. The molecule has 0 rings (SSSR count). The third kappa shape index (κ3) is 19.3. The average molecular weight is 438 g/mol. The molecule has 2 atom stereocenters. The molecule has 4 N–H and O–H groups in total. The van der Waals surface area contributed by atoms with Crippen LogP contribution in [0.2, 0.25) is 0 Å². The lowest BCUT2D eigenvalue weighted by Gasteiger charge is -2.17. The molecule has 0 radical (unpaired) electrons. The summed E-state index contributed by atoms with van der Waals surface area (Å²) in [6.07, 6.45) is 20.0. The Morgan fingerprint density at radius 3 is 1.55 bits per heavy atom. The van der Waals surface area contributed by atoms with Crippen molar-refractivity contribution < 1.29 is 29.0 Å². The van der Waals surface area contributed by atoms with E-state index in [0.717, 1.165) is 19.3 Å². The summed E-state index contributed by atoms with van der Waals surface area (Å²) in [4.78, 5) is 20.3. The highest BCUT2D eigenvalue weighted by Gasteiger charge is 2.28. The first kappa shape index (κ1) is 28.5. The summed E-state index contributed by atoms with van der Waals surface area (Å²) in [6, 6.07) is -1.50. The molecule has 174 valence electrons. The van der Waals surface area contributed by atoms with Crippen molar-refractivity contribution in [2.24, 2.45) is 0 Å². The molecule has 0 aliphatic rings. The standard InChI is InChI=1S/C21H44NO6P/c1-2-3-4-5-6-7-8-9-10-11-12-13-14-15-16-17-18-28-29(26,27)22-20(19-23)21(24)25/h20,23H,2-19H2,1H3,(H,24,25)(H2,22,26,27)/t20-/m0/s1. The highest BCUT2D eigenvalue weighted by atomic mass is 31.2. The lowest BCUT2D eigenvalue weighted by atomic mass is 10.0. The minimum absolute atomic E-state index is 0.0942. The number of nitrogens with one attached hydrogen (secondary N) is 1. The number of carboxylic acid groups (broad SMARTS) is 1. The third-order valence-electron chi connectivity index (χ3n) is 5.06. The molecule has 8 heteroatoms. The summed E-state index contributed by atoms with van der Waals surface area (Å²) in [5.41, 5.74) is 0. The van der Waals surface area contributed by atoms with Gasteiger partial charge in [0.2, 0.25) is 0 Å². The number of unbranched alkanes of at least 4 members (excludes halogenated alkanes) is 15. The van der Waals surface area contributed by atoms with E-state index in [-0.39, 0.29) is 6.61 Å². The maximum Gasteiger partial charge on any atom is 0.403 e. The van der Waals surface area contributed by atoms with Crippen LogP contribution in [0.3, 0.4) is 0 Å². The maximum absolute atomic E-state index is 11.7. The molecule has 0 saturated heterocycles. The van der Waals surface area contributed by atoms with E-state index in [2.05, 4.69) is 6.92 Å². The molecule has 0 aromatic rings. The van der Waals surface area contributed by atoms with Gasteiger partial charge in [0.05, 0.1) is 13.2 Å². The van der Waals surface area contributed by atoms with Gasteiger partial charge in [0.25, 0.3) is 0 Å². The first-order chi connectivity index (χ1) is 13.9. The van der Waals surface area contributed by atoms with E-state index in [1.54, 1.807) is 0 Å². The van der Waals surface area contributed by atoms with Crippen LogP contribution >= 0.6 is 7.75 Å². The van der Waals surface area contributed by atoms with Gasteiger partial charge in [-0.1, -0.05) is 103 Å². The summed E-state index contributed by atoms with van der Waals surface area (Å²) >= 11 is 0. The molecular formula is C21H44NO6P. The van der Waals surface area contributed by atoms with E-state index >= 15 is 0 Å². The summed E-state index contributed by atoms with van der Waals surface area (Å²) in [5.74, 6) is -1.40. The minimum atomic E-state index is -4.20. The Hall–Kier alpha value is -0.460. The van der Waals surface area contributed by atoms with E-state index in [4.69, 9.17) is 14.7 Å². The number of aliphatic hydroxyl groups excluding tert-OH is 1. The summed E-state index contributed by atoms with van der Waals surface area (Å²) < 4.78 is 16.6. The predicted molar refractivity (Wildman–Crippen MR) is 117 cm³/mol. The second kappa shape index (κ2) is 19.5. The highest BCUT2D eigenvalue weighted by molar-refractivity contribution is 7.50. The number of hydrogen-bond donors (Lipinski definition) is 4. The molecule has 0 fully saturated rings. The number of rotatable bonds is 22. The van der Waals surface area contributed by atoms with Crippen molar-refractivity contribution in [1.29, 1.82) is 0 Å². The van der Waals surface area contributed by atoms with Gasteiger partial charge in [-0.05, 0) is 6.42 Å². The molecule has 0 bridgehead atoms. The van der Waals surface area contributed by atoms with Gasteiger partial charge < -0.3 is 15.1 Å². The number of aliphatic hydroxyl groups is 1. The molecule has 7 nitrogen and oxygen atoms in total. The van der Waals surface area contributed by atoms with Crippen LogP contribution in [0.1, 0.15) is 110 Å². The van der Waals surface area contributed by atoms with Crippen LogP contribution in [-0.2, 0) is 13.9 Å². The SMILES string of the molecule is CCCCCCCCCCCCCCCCCCOP(=O)(O)N[C@@H](CO)C(=O)O. The quantitative estimate of drug-likeness (QED) is 0.132. The zero-order chi connectivity index (χ0) is 21.8. The van der Waals surface area contributed by atoms with Crippen molar-refractivity contribution in [2.75, 3.05) is 13.2 Å². The van der Waals surface area contributed by atoms with Gasteiger partial charge in [0.15, 0.2) is 0 Å². The highest BCUT2D eigenvalue weighted by Crippen LogP contribution is 2.37. The van der Waals surface area contributed by atoms with E-state index in [1.807, 2.05) is 5.09 Å². The Labute approximate surface area is 177 Å². The Morgan fingerprint density at radius 1 is 0.828 bits per heavy atom. The average Bonchev–Trinajstić information content (AvgIpc) is 2.68. The Balaban J connectivity index is 3.37. The Bertz CT molecular complexity index is 435. The van der Waals surface area contributed by atoms with Gasteiger partial charge in [-0.2, -0.15) is 0 Å². The van der Waals surface area contributed by atoms with Crippen LogP contribution in [-0.4, -0.2) is 40.3 Å². The molecule has 0 spiro atoms. The Kier molecular flexibility index (Phi) is 19.2. The summed E-state index contributed by atoms with van der Waals surface area (Å²) in [6.45, 7) is 1.57. The zero-order valence-corrected chi connectivity index (χ0v) is 19.2. The van der Waals surface area contributed by atoms with Gasteiger partial charge >= 0.3 is 13.7 Å². The monoisotopic (exact) mass is 437 g/mol. The molecule has 0 saturated carbocycles. The van der Waals surface area contributed by atoms with Crippen LogP contribution in [0.25, 0.3) is 0 Å². The summed E-state index contributed by atoms with van der Waals surface area (Å²) in [7, 11) is -4.20. The van der Waals surface area contributed by atoms with Crippen LogP contribution < -0.4 is 5.09 Å². The van der Waals surface area contributed by atoms with Gasteiger partial charge in [-0.3, -0.25) is 9.32 Å². The van der Waals surface area contributed by atoms with E-state index in [0.29, 0.717) is 6.42 Å². The normalized spacial score (nSPS) is 14.6. The predicted octanol–water partition coefficient (Wildman–Crippen LogP) is 5.40. The van der Waals surface area contributed by atoms with Crippen molar-refractivity contribution in [2.45, 2.75) is 116 Å². The number of aliphatic carboxylic acids is 1. The molecule has 0 aromatic carbocycles. The molecule has 0 aromatic heterocycles. The fourth-order valence-electron chi connectivity index (χ4n) is 3.25. The molecule has 29 heavy (non-hydrogen) atoms. The van der Waals surface area contributed by atoms with Crippen LogP contribution in [0.5, 0.6) is 0 Å². The fourth-order valence-corrected chi connectivity index (χ4v) is 4.28. The van der Waals surface area contributed by atoms with E-state index in [9.17, 15) is 14.3 Å². The third-order valence-corrected chi connectivity index (χ3v) is 6.23. The molecule has 1 unspecified atom stereocenters. The second-order valence-corrected chi connectivity index (χ2v) is 9.42. The topological polar surface area (TPSA) is 116 Å². The van der Waals surface area contributed by atoms with Gasteiger partial charge in [-0.25, -0.2) is 9.65 Å². The van der Waals surface area contributed by atoms with Crippen molar-refractivity contribution in [3.05, 3.63) is 0 Å². The largest absolute Gasteiger partial charge is 0.480 e. The van der Waals surface area contributed by atoms with Crippen LogP contribution in [0.15, 0.2) is 0 Å². The smallest absolute Gasteiger partial charge is 0.403 e. The van der Waals surface area contributed by atoms with Crippen LogP contribution in [0, 0.1) is 0 Å². The van der Waals surface area contributed by atoms with E-state index in [1.165, 1.54) is 77.0 Å². The second-order valence-electron chi connectivity index (χ2n) is 7.86. The van der Waals surface area contributed by atoms with Gasteiger partial charge in [0.1, 0.15) is 6.04 Å². The zero-order valence-electron chi connectivity index (χ0n) is 18.3. The molecule has 0 aliphatic heterocycles. The van der Waals surface area contributed by atoms with Crippen molar-refractivity contribution in [3.63, 3.8) is 0 Å². The first-order valence-corrected chi connectivity index (χ1v) is 13.1. The van der Waals surface area contributed by atoms with Gasteiger partial charge in [-0.15, -0.1) is 0 Å². The van der Waals surface area contributed by atoms with Gasteiger partial charge in [0, 0.05) is 0 Å². The molecular weight excluding hydrogens is 393 g/mol. The lowest BCUT2D eigenvalue weighted by Crippen LogP contribution is -2.38. The fraction of sp³-hybridized carbons (Fsp3) is 0.952. The summed E-state index contributed by atoms with van der Waals surface area (Å²) in [5, 5.41) is 19.5. The lowest BCUT2D eigenvalue weighted by molar-refractivity contribution is -0.140. The van der Waals surface area contributed by atoms with Crippen LogP contribution in [0.4, 0.5) is 0 Å². The van der Waals surface area contributed by atoms with E-state index < -0.39 is 26.4 Å². The number of carboxylic acids is 1. The van der Waals surface area contributed by atoms with Crippen molar-refractivity contribution in [3.8, 4) is 0 Å². The molecule has 0 heterocycles. The maximum atomic E-state index is 11.7. The molecule has 0 aliphatic carbocycles.